The Labute approximate surface area is 116 Å². The van der Waals surface area contributed by atoms with Crippen LogP contribution >= 0.6 is 22.6 Å². The molecule has 0 fully saturated rings. The van der Waals surface area contributed by atoms with Gasteiger partial charge in [0.1, 0.15) is 0 Å². The highest BCUT2D eigenvalue weighted by atomic mass is 127. The first-order valence-electron chi connectivity index (χ1n) is 5.83. The van der Waals surface area contributed by atoms with Gasteiger partial charge >= 0.3 is 0 Å². The minimum absolute atomic E-state index is 0.0553. The highest BCUT2D eigenvalue weighted by Crippen LogP contribution is 2.11. The summed E-state index contributed by atoms with van der Waals surface area (Å²) >= 11 is 2.19. The number of hydrogen-bond acceptors (Lipinski definition) is 2. The van der Waals surface area contributed by atoms with E-state index in [1.807, 2.05) is 38.1 Å². The van der Waals surface area contributed by atoms with Crippen molar-refractivity contribution in [3.8, 4) is 0 Å². The molecule has 3 N–H and O–H groups in total. The van der Waals surface area contributed by atoms with Gasteiger partial charge in [0.25, 0.3) is 5.91 Å². The van der Waals surface area contributed by atoms with Gasteiger partial charge in [0.2, 0.25) is 0 Å². The van der Waals surface area contributed by atoms with Crippen LogP contribution in [0.4, 0.5) is 0 Å². The number of rotatable bonds is 5. The second kappa shape index (κ2) is 6.35. The Morgan fingerprint density at radius 2 is 2.06 bits per heavy atom. The van der Waals surface area contributed by atoms with Gasteiger partial charge in [-0.2, -0.15) is 0 Å². The molecule has 0 aliphatic carbocycles. The first kappa shape index (κ1) is 14.4. The van der Waals surface area contributed by atoms with Crippen LogP contribution in [-0.2, 0) is 0 Å². The van der Waals surface area contributed by atoms with Crippen LogP contribution in [0.5, 0.6) is 0 Å². The molecule has 94 valence electrons. The maximum atomic E-state index is 11.9. The molecule has 0 bridgehead atoms. The van der Waals surface area contributed by atoms with Crippen molar-refractivity contribution in [3.63, 3.8) is 0 Å². The van der Waals surface area contributed by atoms with Crippen molar-refractivity contribution < 1.29 is 4.79 Å². The van der Waals surface area contributed by atoms with Gasteiger partial charge in [0.05, 0.1) is 0 Å². The predicted octanol–water partition coefficient (Wildman–Crippen LogP) is 2.54. The van der Waals surface area contributed by atoms with E-state index < -0.39 is 0 Å². The predicted molar refractivity (Wildman–Crippen MR) is 79.0 cm³/mol. The second-order valence-electron chi connectivity index (χ2n) is 4.26. The highest BCUT2D eigenvalue weighted by molar-refractivity contribution is 14.1. The highest BCUT2D eigenvalue weighted by Gasteiger charge is 2.21. The maximum Gasteiger partial charge on any atom is 0.251 e. The number of hydrogen-bond donors (Lipinski definition) is 2. The lowest BCUT2D eigenvalue weighted by atomic mass is 9.94. The minimum atomic E-state index is -0.294. The standard InChI is InChI=1S/C13H19IN2O/c1-3-13(15,4-2)9-16-12(17)10-6-5-7-11(14)8-10/h5-8H,3-4,9,15H2,1-2H3,(H,16,17). The number of halogens is 1. The molecule has 0 heterocycles. The van der Waals surface area contributed by atoms with Gasteiger partial charge in [-0.25, -0.2) is 0 Å². The van der Waals surface area contributed by atoms with Gasteiger partial charge in [-0.05, 0) is 53.6 Å². The molecule has 1 aromatic rings. The molecule has 3 nitrogen and oxygen atoms in total. The van der Waals surface area contributed by atoms with Crippen molar-refractivity contribution in [1.29, 1.82) is 0 Å². The normalized spacial score (nSPS) is 11.3. The number of carbonyl (C=O) groups excluding carboxylic acids is 1. The smallest absolute Gasteiger partial charge is 0.251 e. The van der Waals surface area contributed by atoms with Crippen molar-refractivity contribution in [1.82, 2.24) is 5.32 Å². The molecule has 1 amide bonds. The Bertz CT molecular complexity index is 389. The van der Waals surface area contributed by atoms with Gasteiger partial charge in [-0.3, -0.25) is 4.79 Å². The zero-order chi connectivity index (χ0) is 12.9. The molecule has 0 saturated heterocycles. The zero-order valence-electron chi connectivity index (χ0n) is 10.3. The lowest BCUT2D eigenvalue weighted by Crippen LogP contribution is -2.49. The molecule has 0 saturated carbocycles. The molecule has 0 aromatic heterocycles. The van der Waals surface area contributed by atoms with Crippen molar-refractivity contribution in [3.05, 3.63) is 33.4 Å². The number of carbonyl (C=O) groups is 1. The molecule has 0 aliphatic heterocycles. The van der Waals surface area contributed by atoms with E-state index in [1.165, 1.54) is 0 Å². The van der Waals surface area contributed by atoms with Crippen LogP contribution < -0.4 is 11.1 Å². The molecule has 4 heteroatoms. The average Bonchev–Trinajstić information content (AvgIpc) is 2.35. The Hall–Kier alpha value is -0.620. The van der Waals surface area contributed by atoms with E-state index in [-0.39, 0.29) is 11.4 Å². The Balaban J connectivity index is 2.62. The van der Waals surface area contributed by atoms with Crippen molar-refractivity contribution >= 4 is 28.5 Å². The third kappa shape index (κ3) is 4.27. The van der Waals surface area contributed by atoms with Crippen molar-refractivity contribution in [2.45, 2.75) is 32.2 Å². The summed E-state index contributed by atoms with van der Waals surface area (Å²) in [5, 5.41) is 2.90. The molecule has 0 spiro atoms. The number of benzene rings is 1. The summed E-state index contributed by atoms with van der Waals surface area (Å²) in [7, 11) is 0. The molecule has 1 aromatic carbocycles. The molecule has 0 atom stereocenters. The van der Waals surface area contributed by atoms with Gasteiger partial charge in [-0.1, -0.05) is 19.9 Å². The van der Waals surface area contributed by atoms with Gasteiger partial charge in [0.15, 0.2) is 0 Å². The lowest BCUT2D eigenvalue weighted by molar-refractivity contribution is 0.0942. The quantitative estimate of drug-likeness (QED) is 0.805. The van der Waals surface area contributed by atoms with E-state index in [4.69, 9.17) is 5.73 Å². The first-order valence-corrected chi connectivity index (χ1v) is 6.91. The Morgan fingerprint density at radius 1 is 1.41 bits per heavy atom. The third-order valence-corrected chi connectivity index (χ3v) is 3.77. The lowest BCUT2D eigenvalue weighted by Gasteiger charge is -2.26. The van der Waals surface area contributed by atoms with Crippen LogP contribution in [0, 0.1) is 3.57 Å². The second-order valence-corrected chi connectivity index (χ2v) is 5.51. The molecule has 1 rings (SSSR count). The van der Waals surface area contributed by atoms with Gasteiger partial charge < -0.3 is 11.1 Å². The Morgan fingerprint density at radius 3 is 2.59 bits per heavy atom. The number of nitrogens with one attached hydrogen (secondary N) is 1. The van der Waals surface area contributed by atoms with Crippen LogP contribution in [0.15, 0.2) is 24.3 Å². The third-order valence-electron chi connectivity index (χ3n) is 3.10. The van der Waals surface area contributed by atoms with Crippen LogP contribution in [0.3, 0.4) is 0 Å². The fraction of sp³-hybridized carbons (Fsp3) is 0.462. The van der Waals surface area contributed by atoms with E-state index in [9.17, 15) is 4.79 Å². The number of nitrogens with two attached hydrogens (primary N) is 1. The minimum Gasteiger partial charge on any atom is -0.350 e. The number of amides is 1. The SMILES string of the molecule is CCC(N)(CC)CNC(=O)c1cccc(I)c1. The topological polar surface area (TPSA) is 55.1 Å². The summed E-state index contributed by atoms with van der Waals surface area (Å²) < 4.78 is 1.06. The van der Waals surface area contributed by atoms with Crippen LogP contribution in [0.25, 0.3) is 0 Å². The molecular weight excluding hydrogens is 327 g/mol. The van der Waals surface area contributed by atoms with Crippen LogP contribution in [0.1, 0.15) is 37.0 Å². The summed E-state index contributed by atoms with van der Waals surface area (Å²) in [6.07, 6.45) is 1.71. The molecular formula is C13H19IN2O. The summed E-state index contributed by atoms with van der Waals surface area (Å²) in [6.45, 7) is 4.60. The monoisotopic (exact) mass is 346 g/mol. The maximum absolute atomic E-state index is 11.9. The Kier molecular flexibility index (Phi) is 5.39. The summed E-state index contributed by atoms with van der Waals surface area (Å²) in [6, 6.07) is 7.52. The largest absolute Gasteiger partial charge is 0.350 e. The summed E-state index contributed by atoms with van der Waals surface area (Å²) in [5.41, 5.74) is 6.53. The van der Waals surface area contributed by atoms with Crippen LogP contribution in [-0.4, -0.2) is 18.0 Å². The van der Waals surface area contributed by atoms with E-state index in [0.717, 1.165) is 16.4 Å². The molecule has 0 aliphatic rings. The molecule has 0 radical (unpaired) electrons. The van der Waals surface area contributed by atoms with E-state index >= 15 is 0 Å². The van der Waals surface area contributed by atoms with Crippen LogP contribution in [0.2, 0.25) is 0 Å². The molecule has 17 heavy (non-hydrogen) atoms. The fourth-order valence-electron chi connectivity index (χ4n) is 1.49. The van der Waals surface area contributed by atoms with Gasteiger partial charge in [-0.15, -0.1) is 0 Å². The van der Waals surface area contributed by atoms with Gasteiger partial charge in [0, 0.05) is 21.2 Å². The average molecular weight is 346 g/mol. The fourth-order valence-corrected chi connectivity index (χ4v) is 2.03. The summed E-state index contributed by atoms with van der Waals surface area (Å²) in [5.74, 6) is -0.0553. The van der Waals surface area contributed by atoms with Crippen molar-refractivity contribution in [2.75, 3.05) is 6.54 Å². The summed E-state index contributed by atoms with van der Waals surface area (Å²) in [4.78, 5) is 11.9. The first-order chi connectivity index (χ1) is 8.00. The van der Waals surface area contributed by atoms with E-state index in [2.05, 4.69) is 27.9 Å². The molecule has 0 unspecified atom stereocenters. The van der Waals surface area contributed by atoms with E-state index in [0.29, 0.717) is 12.1 Å². The van der Waals surface area contributed by atoms with Crippen molar-refractivity contribution in [2.24, 2.45) is 5.73 Å². The van der Waals surface area contributed by atoms with E-state index in [1.54, 1.807) is 0 Å². The zero-order valence-corrected chi connectivity index (χ0v) is 12.5.